The first-order valence-electron chi connectivity index (χ1n) is 12.7. The Morgan fingerprint density at radius 3 is 2.34 bits per heavy atom. The third-order valence-electron chi connectivity index (χ3n) is 6.28. The number of benzene rings is 1. The summed E-state index contributed by atoms with van der Waals surface area (Å²) in [5.41, 5.74) is 3.26. The van der Waals surface area contributed by atoms with E-state index in [2.05, 4.69) is 46.5 Å². The second-order valence-corrected chi connectivity index (χ2v) is 8.89. The predicted molar refractivity (Wildman–Crippen MR) is 135 cm³/mol. The number of nitrogens with one attached hydrogen (secondary N) is 1. The Bertz CT molecular complexity index is 969. The molecule has 1 N–H and O–H groups in total. The van der Waals surface area contributed by atoms with Gasteiger partial charge in [0.05, 0.1) is 11.0 Å². The fraction of sp³-hybridized carbons (Fsp3) is 0.536. The molecule has 2 aromatic heterocycles. The summed E-state index contributed by atoms with van der Waals surface area (Å²) >= 11 is 0. The van der Waals surface area contributed by atoms with Crippen molar-refractivity contribution in [2.75, 3.05) is 6.54 Å². The highest BCUT2D eigenvalue weighted by molar-refractivity contribution is 6.03. The summed E-state index contributed by atoms with van der Waals surface area (Å²) in [6.07, 6.45) is 19.0. The molecule has 0 unspecified atom stereocenters. The van der Waals surface area contributed by atoms with E-state index in [1.165, 1.54) is 62.3 Å². The van der Waals surface area contributed by atoms with E-state index >= 15 is 0 Å². The van der Waals surface area contributed by atoms with Crippen LogP contribution in [0.4, 0.5) is 0 Å². The molecule has 0 radical (unpaired) electrons. The monoisotopic (exact) mass is 433 g/mol. The van der Waals surface area contributed by atoms with E-state index in [0.29, 0.717) is 6.42 Å². The van der Waals surface area contributed by atoms with Crippen molar-refractivity contribution in [3.05, 3.63) is 48.3 Å². The van der Waals surface area contributed by atoms with E-state index in [1.807, 2.05) is 18.5 Å². The first-order valence-corrected chi connectivity index (χ1v) is 12.7. The Balaban J connectivity index is 1.29. The number of rotatable bonds is 15. The molecule has 3 rings (SSSR count). The highest BCUT2D eigenvalue weighted by Crippen LogP contribution is 2.25. The lowest BCUT2D eigenvalue weighted by molar-refractivity contribution is -0.121. The van der Waals surface area contributed by atoms with Gasteiger partial charge in [-0.3, -0.25) is 14.8 Å². The normalized spacial score (nSPS) is 11.3. The molecular formula is C28H39N3O. The number of fused-ring (bicyclic) bond motifs is 3. The van der Waals surface area contributed by atoms with E-state index in [0.717, 1.165) is 48.6 Å². The van der Waals surface area contributed by atoms with Crippen LogP contribution in [0.5, 0.6) is 0 Å². The molecule has 0 bridgehead atoms. The second kappa shape index (κ2) is 13.8. The maximum absolute atomic E-state index is 12.1. The van der Waals surface area contributed by atoms with Crippen LogP contribution >= 0.6 is 0 Å². The van der Waals surface area contributed by atoms with Gasteiger partial charge in [0.1, 0.15) is 0 Å². The minimum Gasteiger partial charge on any atom is -0.356 e. The zero-order valence-corrected chi connectivity index (χ0v) is 19.7. The summed E-state index contributed by atoms with van der Waals surface area (Å²) < 4.78 is 0. The lowest BCUT2D eigenvalue weighted by atomic mass is 10.0. The highest BCUT2D eigenvalue weighted by atomic mass is 16.1. The Hall–Kier alpha value is -2.49. The van der Waals surface area contributed by atoms with Gasteiger partial charge < -0.3 is 5.32 Å². The molecule has 4 heteroatoms. The largest absolute Gasteiger partial charge is 0.356 e. The zero-order valence-electron chi connectivity index (χ0n) is 19.7. The number of carbonyl (C=O) groups excluding carboxylic acids is 1. The van der Waals surface area contributed by atoms with Crippen LogP contribution in [0.2, 0.25) is 0 Å². The Kier molecular flexibility index (Phi) is 10.4. The van der Waals surface area contributed by atoms with Crippen molar-refractivity contribution in [3.8, 4) is 0 Å². The van der Waals surface area contributed by atoms with E-state index in [-0.39, 0.29) is 5.91 Å². The maximum Gasteiger partial charge on any atom is 0.219 e. The van der Waals surface area contributed by atoms with Gasteiger partial charge in [-0.1, -0.05) is 76.5 Å². The summed E-state index contributed by atoms with van der Waals surface area (Å²) in [6.45, 7) is 3.02. The summed E-state index contributed by atoms with van der Waals surface area (Å²) in [6, 6.07) is 10.4. The van der Waals surface area contributed by atoms with Gasteiger partial charge >= 0.3 is 0 Å². The van der Waals surface area contributed by atoms with E-state index in [4.69, 9.17) is 0 Å². The number of unbranched alkanes of at least 4 members (excludes halogenated alkanes) is 9. The van der Waals surface area contributed by atoms with Crippen molar-refractivity contribution in [2.24, 2.45) is 0 Å². The van der Waals surface area contributed by atoms with E-state index < -0.39 is 0 Å². The first-order chi connectivity index (χ1) is 15.8. The summed E-state index contributed by atoms with van der Waals surface area (Å²) in [7, 11) is 0. The third kappa shape index (κ3) is 7.58. The first kappa shape index (κ1) is 24.2. The molecule has 1 amide bonds. The van der Waals surface area contributed by atoms with Crippen LogP contribution in [0.25, 0.3) is 21.8 Å². The average molecular weight is 434 g/mol. The molecule has 0 saturated heterocycles. The van der Waals surface area contributed by atoms with E-state index in [9.17, 15) is 4.79 Å². The number of hydrogen-bond donors (Lipinski definition) is 1. The van der Waals surface area contributed by atoms with Crippen molar-refractivity contribution < 1.29 is 4.79 Å². The molecule has 0 saturated carbocycles. The fourth-order valence-electron chi connectivity index (χ4n) is 4.38. The number of nitrogens with zero attached hydrogens (tertiary/aromatic N) is 2. The number of aromatic nitrogens is 2. The van der Waals surface area contributed by atoms with Gasteiger partial charge in [-0.05, 0) is 43.4 Å². The molecule has 0 aliphatic heterocycles. The summed E-state index contributed by atoms with van der Waals surface area (Å²) in [4.78, 5) is 21.2. The fourth-order valence-corrected chi connectivity index (χ4v) is 4.38. The lowest BCUT2D eigenvalue weighted by Crippen LogP contribution is -2.24. The minimum atomic E-state index is 0.208. The molecule has 4 nitrogen and oxygen atoms in total. The van der Waals surface area contributed by atoms with Crippen LogP contribution in [-0.2, 0) is 11.2 Å². The predicted octanol–water partition coefficient (Wildman–Crippen LogP) is 7.14. The molecule has 0 aliphatic rings. The van der Waals surface area contributed by atoms with Crippen LogP contribution < -0.4 is 5.32 Å². The Labute approximate surface area is 193 Å². The van der Waals surface area contributed by atoms with Crippen LogP contribution in [0, 0.1) is 0 Å². The molecule has 0 spiro atoms. The van der Waals surface area contributed by atoms with Crippen LogP contribution in [0.15, 0.2) is 42.7 Å². The van der Waals surface area contributed by atoms with Crippen molar-refractivity contribution in [1.82, 2.24) is 15.3 Å². The van der Waals surface area contributed by atoms with Crippen LogP contribution in [0.1, 0.15) is 89.5 Å². The number of amides is 1. The molecule has 0 fully saturated rings. The molecule has 3 aromatic rings. The quantitative estimate of drug-likeness (QED) is 0.205. The number of pyridine rings is 2. The molecule has 0 aliphatic carbocycles. The summed E-state index contributed by atoms with van der Waals surface area (Å²) in [5.74, 6) is 0.208. The van der Waals surface area contributed by atoms with Gasteiger partial charge in [0.25, 0.3) is 0 Å². The molecule has 2 heterocycles. The SMILES string of the molecule is CCCCCCCCCCCC(=O)NCCCCc1ccnc2c1ccc1cccnc12. The minimum absolute atomic E-state index is 0.208. The van der Waals surface area contributed by atoms with E-state index in [1.54, 1.807) is 0 Å². The maximum atomic E-state index is 12.1. The molecular weight excluding hydrogens is 394 g/mol. The highest BCUT2D eigenvalue weighted by Gasteiger charge is 2.07. The van der Waals surface area contributed by atoms with Crippen molar-refractivity contribution in [1.29, 1.82) is 0 Å². The van der Waals surface area contributed by atoms with Gasteiger partial charge in [-0.15, -0.1) is 0 Å². The molecule has 0 atom stereocenters. The summed E-state index contributed by atoms with van der Waals surface area (Å²) in [5, 5.41) is 5.41. The van der Waals surface area contributed by atoms with Gasteiger partial charge in [-0.2, -0.15) is 0 Å². The zero-order chi connectivity index (χ0) is 22.4. The van der Waals surface area contributed by atoms with Crippen molar-refractivity contribution in [2.45, 2.75) is 90.4 Å². The Morgan fingerprint density at radius 2 is 1.53 bits per heavy atom. The standard InChI is InChI=1S/C28H39N3O/c1-2-3-4-5-6-7-8-9-10-16-26(32)29-20-12-11-14-23-19-22-31-28-25(23)18-17-24-15-13-21-30-27(24)28/h13,15,17-19,21-22H,2-12,14,16,20H2,1H3,(H,29,32). The van der Waals surface area contributed by atoms with Crippen LogP contribution in [0.3, 0.4) is 0 Å². The second-order valence-electron chi connectivity index (χ2n) is 8.89. The van der Waals surface area contributed by atoms with Crippen LogP contribution in [-0.4, -0.2) is 22.4 Å². The van der Waals surface area contributed by atoms with Gasteiger partial charge in [0, 0.05) is 36.1 Å². The number of hydrogen-bond acceptors (Lipinski definition) is 3. The molecule has 1 aromatic carbocycles. The van der Waals surface area contributed by atoms with Crippen molar-refractivity contribution in [3.63, 3.8) is 0 Å². The molecule has 172 valence electrons. The van der Waals surface area contributed by atoms with Gasteiger partial charge in [0.2, 0.25) is 5.91 Å². The average Bonchev–Trinajstić information content (AvgIpc) is 2.82. The van der Waals surface area contributed by atoms with Gasteiger partial charge in [-0.25, -0.2) is 0 Å². The van der Waals surface area contributed by atoms with Gasteiger partial charge in [0.15, 0.2) is 0 Å². The lowest BCUT2D eigenvalue weighted by Gasteiger charge is -2.09. The third-order valence-corrected chi connectivity index (χ3v) is 6.28. The smallest absolute Gasteiger partial charge is 0.219 e. The molecule has 32 heavy (non-hydrogen) atoms. The Morgan fingerprint density at radius 1 is 0.781 bits per heavy atom. The number of carbonyl (C=O) groups is 1. The topological polar surface area (TPSA) is 54.9 Å². The number of aryl methyl sites for hydroxylation is 1. The van der Waals surface area contributed by atoms with Crippen molar-refractivity contribution >= 4 is 27.7 Å².